The lowest BCUT2D eigenvalue weighted by Crippen LogP contribution is -2.14. The van der Waals surface area contributed by atoms with Gasteiger partial charge in [-0.1, -0.05) is 6.07 Å². The van der Waals surface area contributed by atoms with Crippen LogP contribution in [-0.4, -0.2) is 21.5 Å². The fraction of sp³-hybridized carbons (Fsp3) is 0.250. The monoisotopic (exact) mass is 244 g/mol. The van der Waals surface area contributed by atoms with E-state index < -0.39 is 0 Å². The Morgan fingerprint density at radius 2 is 2.00 bits per heavy atom. The van der Waals surface area contributed by atoms with Gasteiger partial charge in [0.25, 0.3) is 0 Å². The van der Waals surface area contributed by atoms with Crippen LogP contribution >= 0.6 is 0 Å². The quantitative estimate of drug-likeness (QED) is 0.539. The number of rotatable bonds is 5. The van der Waals surface area contributed by atoms with Crippen LogP contribution in [0.5, 0.6) is 0 Å². The summed E-state index contributed by atoms with van der Waals surface area (Å²) in [6.45, 7) is 2.68. The summed E-state index contributed by atoms with van der Waals surface area (Å²) < 4.78 is 0. The predicted molar refractivity (Wildman–Crippen MR) is 71.0 cm³/mol. The predicted octanol–water partition coefficient (Wildman–Crippen LogP) is 1.12. The van der Waals surface area contributed by atoms with Gasteiger partial charge in [-0.15, -0.1) is 0 Å². The van der Waals surface area contributed by atoms with Crippen LogP contribution in [0.25, 0.3) is 0 Å². The average molecular weight is 244 g/mol. The number of hydrazine groups is 1. The molecule has 0 aromatic carbocycles. The van der Waals surface area contributed by atoms with Crippen LogP contribution < -0.4 is 16.6 Å². The maximum Gasteiger partial charge on any atom is 0.148 e. The standard InChI is InChI=1S/C12H16N6/c1-9-11(16-8-17-12(9)18-13)15-7-5-10-4-2-3-6-14-10/h2-4,6,8H,5,7,13H2,1H3,(H2,15,16,17,18). The van der Waals surface area contributed by atoms with Crippen LogP contribution in [0.3, 0.4) is 0 Å². The molecule has 0 atom stereocenters. The Kier molecular flexibility index (Phi) is 4.03. The minimum atomic E-state index is 0.630. The van der Waals surface area contributed by atoms with Crippen molar-refractivity contribution in [2.24, 2.45) is 5.84 Å². The van der Waals surface area contributed by atoms with Crippen molar-refractivity contribution in [1.29, 1.82) is 0 Å². The molecule has 18 heavy (non-hydrogen) atoms. The van der Waals surface area contributed by atoms with Gasteiger partial charge in [0.15, 0.2) is 0 Å². The molecule has 0 aliphatic heterocycles. The highest BCUT2D eigenvalue weighted by Crippen LogP contribution is 2.16. The number of nitrogens with zero attached hydrogens (tertiary/aromatic N) is 3. The number of nitrogen functional groups attached to an aromatic ring is 1. The van der Waals surface area contributed by atoms with E-state index in [0.29, 0.717) is 5.82 Å². The first-order chi connectivity index (χ1) is 8.81. The van der Waals surface area contributed by atoms with Crippen molar-refractivity contribution >= 4 is 11.6 Å². The van der Waals surface area contributed by atoms with Gasteiger partial charge in [0.05, 0.1) is 0 Å². The fourth-order valence-electron chi connectivity index (χ4n) is 1.63. The zero-order chi connectivity index (χ0) is 12.8. The lowest BCUT2D eigenvalue weighted by atomic mass is 10.2. The van der Waals surface area contributed by atoms with Gasteiger partial charge >= 0.3 is 0 Å². The van der Waals surface area contributed by atoms with Gasteiger partial charge in [0.2, 0.25) is 0 Å². The molecule has 94 valence electrons. The van der Waals surface area contributed by atoms with E-state index in [1.54, 1.807) is 6.20 Å². The van der Waals surface area contributed by atoms with Crippen LogP contribution in [0, 0.1) is 6.92 Å². The summed E-state index contributed by atoms with van der Waals surface area (Å²) in [5.41, 5.74) is 4.49. The molecule has 2 aromatic heterocycles. The zero-order valence-corrected chi connectivity index (χ0v) is 10.2. The summed E-state index contributed by atoms with van der Waals surface area (Å²) in [5, 5.41) is 3.25. The van der Waals surface area contributed by atoms with E-state index in [4.69, 9.17) is 5.84 Å². The Morgan fingerprint density at radius 1 is 1.17 bits per heavy atom. The van der Waals surface area contributed by atoms with Crippen molar-refractivity contribution in [2.75, 3.05) is 17.3 Å². The number of aromatic nitrogens is 3. The molecule has 0 aliphatic carbocycles. The molecule has 0 amide bonds. The number of pyridine rings is 1. The van der Waals surface area contributed by atoms with Gasteiger partial charge < -0.3 is 10.7 Å². The first-order valence-corrected chi connectivity index (χ1v) is 5.73. The van der Waals surface area contributed by atoms with Gasteiger partial charge in [-0.05, 0) is 19.1 Å². The number of nitrogens with two attached hydrogens (primary N) is 1. The number of hydrogen-bond acceptors (Lipinski definition) is 6. The second-order valence-electron chi connectivity index (χ2n) is 3.84. The maximum atomic E-state index is 5.36. The summed E-state index contributed by atoms with van der Waals surface area (Å²) >= 11 is 0. The van der Waals surface area contributed by atoms with Crippen molar-refractivity contribution in [1.82, 2.24) is 15.0 Å². The topological polar surface area (TPSA) is 88.8 Å². The van der Waals surface area contributed by atoms with Crippen molar-refractivity contribution in [2.45, 2.75) is 13.3 Å². The summed E-state index contributed by atoms with van der Waals surface area (Å²) in [5.74, 6) is 6.78. The molecule has 2 aromatic rings. The Hall–Kier alpha value is -2.21. The lowest BCUT2D eigenvalue weighted by Gasteiger charge is -2.10. The van der Waals surface area contributed by atoms with Crippen molar-refractivity contribution in [3.05, 3.63) is 42.0 Å². The Balaban J connectivity index is 1.95. The molecule has 2 rings (SSSR count). The first-order valence-electron chi connectivity index (χ1n) is 5.73. The van der Waals surface area contributed by atoms with Gasteiger partial charge in [-0.25, -0.2) is 15.8 Å². The molecule has 0 radical (unpaired) electrons. The molecule has 0 saturated carbocycles. The molecule has 6 heteroatoms. The van der Waals surface area contributed by atoms with Crippen LogP contribution in [0.4, 0.5) is 11.6 Å². The number of hydrogen-bond donors (Lipinski definition) is 3. The number of nitrogens with one attached hydrogen (secondary N) is 2. The highest BCUT2D eigenvalue weighted by atomic mass is 15.3. The normalized spacial score (nSPS) is 10.1. The highest BCUT2D eigenvalue weighted by Gasteiger charge is 2.04. The molecule has 0 unspecified atom stereocenters. The summed E-state index contributed by atoms with van der Waals surface area (Å²) in [6.07, 6.45) is 4.11. The molecule has 0 bridgehead atoms. The zero-order valence-electron chi connectivity index (χ0n) is 10.2. The Labute approximate surface area is 106 Å². The molecule has 4 N–H and O–H groups in total. The lowest BCUT2D eigenvalue weighted by molar-refractivity contribution is 0.946. The van der Waals surface area contributed by atoms with E-state index in [1.807, 2.05) is 25.1 Å². The molecule has 0 saturated heterocycles. The summed E-state index contributed by atoms with van der Waals surface area (Å²) in [7, 11) is 0. The highest BCUT2D eigenvalue weighted by molar-refractivity contribution is 5.55. The SMILES string of the molecule is Cc1c(NN)ncnc1NCCc1ccccn1. The average Bonchev–Trinajstić information content (AvgIpc) is 2.42. The second-order valence-corrected chi connectivity index (χ2v) is 3.84. The van der Waals surface area contributed by atoms with E-state index in [-0.39, 0.29) is 0 Å². The Morgan fingerprint density at radius 3 is 2.72 bits per heavy atom. The van der Waals surface area contributed by atoms with Gasteiger partial charge in [0, 0.05) is 30.4 Å². The number of anilines is 2. The van der Waals surface area contributed by atoms with Gasteiger partial charge in [-0.3, -0.25) is 4.98 Å². The van der Waals surface area contributed by atoms with Crippen molar-refractivity contribution in [3.63, 3.8) is 0 Å². The molecule has 2 heterocycles. The van der Waals surface area contributed by atoms with E-state index in [0.717, 1.165) is 30.0 Å². The van der Waals surface area contributed by atoms with E-state index in [9.17, 15) is 0 Å². The Bertz CT molecular complexity index is 499. The first kappa shape index (κ1) is 12.3. The molecule has 0 spiro atoms. The third kappa shape index (κ3) is 2.92. The summed E-state index contributed by atoms with van der Waals surface area (Å²) in [4.78, 5) is 12.5. The fourth-order valence-corrected chi connectivity index (χ4v) is 1.63. The smallest absolute Gasteiger partial charge is 0.148 e. The largest absolute Gasteiger partial charge is 0.369 e. The maximum absolute atomic E-state index is 5.36. The minimum Gasteiger partial charge on any atom is -0.369 e. The van der Waals surface area contributed by atoms with Gasteiger partial charge in [-0.2, -0.15) is 0 Å². The second kappa shape index (κ2) is 5.92. The van der Waals surface area contributed by atoms with Gasteiger partial charge in [0.1, 0.15) is 18.0 Å². The third-order valence-electron chi connectivity index (χ3n) is 2.62. The van der Waals surface area contributed by atoms with Crippen molar-refractivity contribution < 1.29 is 0 Å². The van der Waals surface area contributed by atoms with E-state index in [2.05, 4.69) is 25.7 Å². The molecule has 0 aliphatic rings. The van der Waals surface area contributed by atoms with Crippen LogP contribution in [0.2, 0.25) is 0 Å². The van der Waals surface area contributed by atoms with Crippen molar-refractivity contribution in [3.8, 4) is 0 Å². The van der Waals surface area contributed by atoms with E-state index in [1.165, 1.54) is 6.33 Å². The molecular formula is C12H16N6. The van der Waals surface area contributed by atoms with Crippen LogP contribution in [0.15, 0.2) is 30.7 Å². The van der Waals surface area contributed by atoms with E-state index >= 15 is 0 Å². The molecule has 0 fully saturated rings. The molecular weight excluding hydrogens is 228 g/mol. The minimum absolute atomic E-state index is 0.630. The van der Waals surface area contributed by atoms with Crippen LogP contribution in [-0.2, 0) is 6.42 Å². The summed E-state index contributed by atoms with van der Waals surface area (Å²) in [6, 6.07) is 5.89. The van der Waals surface area contributed by atoms with Crippen LogP contribution in [0.1, 0.15) is 11.3 Å². The third-order valence-corrected chi connectivity index (χ3v) is 2.62. The molecule has 6 nitrogen and oxygen atoms in total.